The summed E-state index contributed by atoms with van der Waals surface area (Å²) in [6, 6.07) is 15.0. The van der Waals surface area contributed by atoms with Crippen LogP contribution in [0.4, 0.5) is 10.1 Å². The molecule has 3 heteroatoms. The van der Waals surface area contributed by atoms with Crippen molar-refractivity contribution in [1.29, 1.82) is 0 Å². The quantitative estimate of drug-likeness (QED) is 0.720. The number of nitrogens with one attached hydrogen (secondary N) is 1. The maximum atomic E-state index is 13.5. The van der Waals surface area contributed by atoms with Crippen molar-refractivity contribution in [3.63, 3.8) is 0 Å². The fourth-order valence-corrected chi connectivity index (χ4v) is 2.93. The summed E-state index contributed by atoms with van der Waals surface area (Å²) in [5, 5.41) is 6.50. The summed E-state index contributed by atoms with van der Waals surface area (Å²) in [4.78, 5) is 0. The molecule has 0 saturated heterocycles. The van der Waals surface area contributed by atoms with E-state index in [1.807, 2.05) is 18.2 Å². The zero-order chi connectivity index (χ0) is 12.4. The molecule has 1 heterocycles. The summed E-state index contributed by atoms with van der Waals surface area (Å²) >= 11 is 1.72. The number of hydrogen-bond donors (Lipinski definition) is 1. The minimum absolute atomic E-state index is 0.211. The third kappa shape index (κ3) is 2.09. The number of fused-ring (bicyclic) bond motifs is 1. The van der Waals surface area contributed by atoms with Crippen molar-refractivity contribution < 1.29 is 4.39 Å². The van der Waals surface area contributed by atoms with E-state index >= 15 is 0 Å². The number of benzene rings is 2. The average molecular weight is 257 g/mol. The van der Waals surface area contributed by atoms with Gasteiger partial charge >= 0.3 is 0 Å². The predicted molar refractivity (Wildman–Crippen MR) is 75.6 cm³/mol. The smallest absolute Gasteiger partial charge is 0.146 e. The molecule has 0 aliphatic carbocycles. The number of halogens is 1. The summed E-state index contributed by atoms with van der Waals surface area (Å²) in [5.41, 5.74) is 1.76. The van der Waals surface area contributed by atoms with Gasteiger partial charge in [0.15, 0.2) is 0 Å². The highest BCUT2D eigenvalue weighted by Crippen LogP contribution is 2.26. The molecule has 0 saturated carbocycles. The molecule has 0 aliphatic heterocycles. The van der Waals surface area contributed by atoms with Gasteiger partial charge in [0.2, 0.25) is 0 Å². The van der Waals surface area contributed by atoms with Crippen LogP contribution in [0.1, 0.15) is 5.56 Å². The van der Waals surface area contributed by atoms with Gasteiger partial charge in [0.05, 0.1) is 5.69 Å². The first-order valence-electron chi connectivity index (χ1n) is 5.78. The summed E-state index contributed by atoms with van der Waals surface area (Å²) in [5.74, 6) is -0.211. The van der Waals surface area contributed by atoms with Gasteiger partial charge in [-0.3, -0.25) is 0 Å². The van der Waals surface area contributed by atoms with Crippen molar-refractivity contribution >= 4 is 27.1 Å². The predicted octanol–water partition coefficient (Wildman–Crippen LogP) is 4.65. The molecule has 2 aromatic carbocycles. The number of para-hydroxylation sites is 1. The van der Waals surface area contributed by atoms with Crippen LogP contribution in [-0.2, 0) is 6.54 Å². The summed E-state index contributed by atoms with van der Waals surface area (Å²) < 4.78 is 14.7. The van der Waals surface area contributed by atoms with Crippen molar-refractivity contribution in [2.45, 2.75) is 6.54 Å². The first-order chi connectivity index (χ1) is 8.84. The second-order valence-corrected chi connectivity index (χ2v) is 5.00. The molecule has 1 aromatic heterocycles. The molecule has 90 valence electrons. The first-order valence-corrected chi connectivity index (χ1v) is 6.66. The van der Waals surface area contributed by atoms with Crippen LogP contribution in [0.5, 0.6) is 0 Å². The Morgan fingerprint density at radius 2 is 1.78 bits per heavy atom. The Bertz CT molecular complexity index is 675. The minimum Gasteiger partial charge on any atom is -0.379 e. The minimum atomic E-state index is -0.211. The van der Waals surface area contributed by atoms with Crippen LogP contribution in [-0.4, -0.2) is 0 Å². The van der Waals surface area contributed by atoms with Gasteiger partial charge in [-0.2, -0.15) is 0 Å². The van der Waals surface area contributed by atoms with Crippen LogP contribution < -0.4 is 5.32 Å². The fourth-order valence-electron chi connectivity index (χ4n) is 1.96. The van der Waals surface area contributed by atoms with Gasteiger partial charge in [-0.25, -0.2) is 4.39 Å². The zero-order valence-corrected chi connectivity index (χ0v) is 10.5. The molecular formula is C15H12FNS. The second-order valence-electron chi connectivity index (χ2n) is 4.09. The number of anilines is 1. The molecule has 3 aromatic rings. The van der Waals surface area contributed by atoms with Gasteiger partial charge in [-0.1, -0.05) is 30.3 Å². The lowest BCUT2D eigenvalue weighted by atomic mass is 10.2. The highest BCUT2D eigenvalue weighted by molar-refractivity contribution is 7.17. The van der Waals surface area contributed by atoms with E-state index in [2.05, 4.69) is 22.8 Å². The lowest BCUT2D eigenvalue weighted by molar-refractivity contribution is 0.630. The Labute approximate surface area is 109 Å². The summed E-state index contributed by atoms with van der Waals surface area (Å²) in [6.07, 6.45) is 0. The molecule has 18 heavy (non-hydrogen) atoms. The molecule has 0 atom stereocenters. The van der Waals surface area contributed by atoms with Gasteiger partial charge in [0.1, 0.15) is 5.82 Å². The molecule has 0 spiro atoms. The van der Waals surface area contributed by atoms with Crippen LogP contribution >= 0.6 is 11.3 Å². The number of thiophene rings is 1. The van der Waals surface area contributed by atoms with Crippen LogP contribution in [0.2, 0.25) is 0 Å². The lowest BCUT2D eigenvalue weighted by Crippen LogP contribution is -2.00. The largest absolute Gasteiger partial charge is 0.379 e. The molecule has 0 unspecified atom stereocenters. The Morgan fingerprint density at radius 3 is 2.67 bits per heavy atom. The first kappa shape index (κ1) is 11.2. The van der Waals surface area contributed by atoms with Crippen LogP contribution in [0.15, 0.2) is 53.9 Å². The third-order valence-electron chi connectivity index (χ3n) is 2.90. The second kappa shape index (κ2) is 4.78. The van der Waals surface area contributed by atoms with E-state index in [0.29, 0.717) is 12.2 Å². The maximum absolute atomic E-state index is 13.5. The Kier molecular flexibility index (Phi) is 2.99. The third-order valence-corrected chi connectivity index (χ3v) is 3.92. The molecule has 1 nitrogen and oxygen atoms in total. The fraction of sp³-hybridized carbons (Fsp3) is 0.0667. The van der Waals surface area contributed by atoms with E-state index in [1.165, 1.54) is 21.7 Å². The van der Waals surface area contributed by atoms with Gasteiger partial charge < -0.3 is 5.32 Å². The van der Waals surface area contributed by atoms with Crippen LogP contribution in [0, 0.1) is 5.82 Å². The number of rotatable bonds is 3. The van der Waals surface area contributed by atoms with Crippen LogP contribution in [0.25, 0.3) is 10.1 Å². The topological polar surface area (TPSA) is 12.0 Å². The van der Waals surface area contributed by atoms with Crippen molar-refractivity contribution in [3.05, 3.63) is 65.3 Å². The molecule has 0 bridgehead atoms. The average Bonchev–Trinajstić information content (AvgIpc) is 2.81. The van der Waals surface area contributed by atoms with Crippen LogP contribution in [0.3, 0.4) is 0 Å². The van der Waals surface area contributed by atoms with Gasteiger partial charge in [-0.15, -0.1) is 11.3 Å². The van der Waals surface area contributed by atoms with Crippen molar-refractivity contribution in [2.75, 3.05) is 5.32 Å². The van der Waals surface area contributed by atoms with E-state index < -0.39 is 0 Å². The Hall–Kier alpha value is -1.87. The van der Waals surface area contributed by atoms with Gasteiger partial charge in [0.25, 0.3) is 0 Å². The number of hydrogen-bond acceptors (Lipinski definition) is 2. The molecule has 0 radical (unpaired) electrons. The van der Waals surface area contributed by atoms with E-state index in [1.54, 1.807) is 23.5 Å². The monoisotopic (exact) mass is 257 g/mol. The van der Waals surface area contributed by atoms with Gasteiger partial charge in [-0.05, 0) is 34.5 Å². The van der Waals surface area contributed by atoms with E-state index in [0.717, 1.165) is 0 Å². The molecule has 3 rings (SSSR count). The van der Waals surface area contributed by atoms with E-state index in [4.69, 9.17) is 0 Å². The zero-order valence-electron chi connectivity index (χ0n) is 9.69. The SMILES string of the molecule is Fc1ccccc1NCc1csc2ccccc12. The maximum Gasteiger partial charge on any atom is 0.146 e. The lowest BCUT2D eigenvalue weighted by Gasteiger charge is -2.06. The summed E-state index contributed by atoms with van der Waals surface area (Å²) in [7, 11) is 0. The normalized spacial score (nSPS) is 10.7. The van der Waals surface area contributed by atoms with Crippen molar-refractivity contribution in [3.8, 4) is 0 Å². The molecule has 0 aliphatic rings. The Balaban J connectivity index is 1.83. The standard InChI is InChI=1S/C15H12FNS/c16-13-6-2-3-7-14(13)17-9-11-10-18-15-8-4-1-5-12(11)15/h1-8,10,17H,9H2. The molecule has 0 amide bonds. The van der Waals surface area contributed by atoms with Gasteiger partial charge in [0, 0.05) is 11.2 Å². The van der Waals surface area contributed by atoms with Crippen molar-refractivity contribution in [2.24, 2.45) is 0 Å². The Morgan fingerprint density at radius 1 is 1.00 bits per heavy atom. The van der Waals surface area contributed by atoms with E-state index in [-0.39, 0.29) is 5.82 Å². The van der Waals surface area contributed by atoms with E-state index in [9.17, 15) is 4.39 Å². The highest BCUT2D eigenvalue weighted by Gasteiger charge is 2.04. The molecule has 0 fully saturated rings. The molecule has 1 N–H and O–H groups in total. The van der Waals surface area contributed by atoms with Crippen molar-refractivity contribution in [1.82, 2.24) is 0 Å². The summed E-state index contributed by atoms with van der Waals surface area (Å²) in [6.45, 7) is 0.644. The molecular weight excluding hydrogens is 245 g/mol. The highest BCUT2D eigenvalue weighted by atomic mass is 32.1.